The Balaban J connectivity index is -0.000000845. The van der Waals surface area contributed by atoms with E-state index in [0.717, 1.165) is 32.2 Å². The Kier molecular flexibility index (Phi) is 16.2. The maximum absolute atomic E-state index is 11.6. The summed E-state index contributed by atoms with van der Waals surface area (Å²) in [6.07, 6.45) is 6.60. The first kappa shape index (κ1) is 18.5. The number of amides is 1. The first-order valence-corrected chi connectivity index (χ1v) is 6.03. The molecule has 0 radical (unpaired) electrons. The number of carbonyl (C=O) groups is 1. The Morgan fingerprint density at radius 3 is 2.27 bits per heavy atom. The van der Waals surface area contributed by atoms with E-state index in [1.807, 2.05) is 0 Å². The summed E-state index contributed by atoms with van der Waals surface area (Å²) in [6.45, 7) is 7.25. The van der Waals surface area contributed by atoms with Crippen molar-refractivity contribution >= 4 is 5.91 Å². The number of hydrogen-bond acceptors (Lipinski definition) is 1. The predicted octanol–water partition coefficient (Wildman–Crippen LogP) is 0.236. The maximum atomic E-state index is 11.6. The zero-order valence-corrected chi connectivity index (χ0v) is 14.1. The monoisotopic (exact) mass is 239 g/mol. The van der Waals surface area contributed by atoms with Gasteiger partial charge in [0.15, 0.2) is 0 Å². The van der Waals surface area contributed by atoms with Crippen LogP contribution in [0, 0.1) is 5.92 Å². The summed E-state index contributed by atoms with van der Waals surface area (Å²) in [5.74, 6) is 0.501. The Labute approximate surface area is 139 Å². The van der Waals surface area contributed by atoms with E-state index in [4.69, 9.17) is 0 Å². The van der Waals surface area contributed by atoms with Gasteiger partial charge in [0.25, 0.3) is 0 Å². The molecule has 1 N–H and O–H groups in total. The summed E-state index contributed by atoms with van der Waals surface area (Å²) in [5.41, 5.74) is 0. The number of nitrogens with one attached hydrogen (secondary N) is 1. The molecule has 2 nitrogen and oxygen atoms in total. The molecule has 1 amide bonds. The van der Waals surface area contributed by atoms with Crippen molar-refractivity contribution < 1.29 is 57.6 Å². The molecule has 0 fully saturated rings. The molecule has 86 valence electrons. The molecular weight excluding hydrogens is 213 g/mol. The molecule has 1 atom stereocenters. The Hall–Kier alpha value is 1.11. The second kappa shape index (κ2) is 13.2. The van der Waals surface area contributed by atoms with Crippen molar-refractivity contribution in [1.29, 1.82) is 0 Å². The van der Waals surface area contributed by atoms with E-state index in [-0.39, 0.29) is 64.6 Å². The van der Waals surface area contributed by atoms with Crippen LogP contribution in [0.1, 0.15) is 60.7 Å². The zero-order chi connectivity index (χ0) is 10.8. The quantitative estimate of drug-likeness (QED) is 0.477. The van der Waals surface area contributed by atoms with Gasteiger partial charge in [0.1, 0.15) is 0 Å². The summed E-state index contributed by atoms with van der Waals surface area (Å²) in [6, 6.07) is 0. The van der Waals surface area contributed by atoms with Crippen LogP contribution in [0.5, 0.6) is 0 Å². The van der Waals surface area contributed by atoms with E-state index in [2.05, 4.69) is 26.1 Å². The molecule has 1 unspecified atom stereocenters. The van der Waals surface area contributed by atoms with Crippen LogP contribution in [-0.4, -0.2) is 12.5 Å². The van der Waals surface area contributed by atoms with Crippen LogP contribution in [0.2, 0.25) is 0 Å². The second-order valence-corrected chi connectivity index (χ2v) is 3.89. The van der Waals surface area contributed by atoms with Crippen molar-refractivity contribution in [2.45, 2.75) is 59.3 Å². The molecule has 0 rings (SSSR count). The molecule has 0 saturated carbocycles. The van der Waals surface area contributed by atoms with Crippen LogP contribution in [0.25, 0.3) is 0 Å². The topological polar surface area (TPSA) is 29.1 Å². The van der Waals surface area contributed by atoms with E-state index in [1.165, 1.54) is 12.8 Å². The first-order chi connectivity index (χ1) is 6.76. The van der Waals surface area contributed by atoms with Crippen molar-refractivity contribution in [2.24, 2.45) is 5.92 Å². The fourth-order valence-corrected chi connectivity index (χ4v) is 1.50. The fraction of sp³-hybridized carbons (Fsp3) is 0.917. The van der Waals surface area contributed by atoms with Gasteiger partial charge in [-0.25, -0.2) is 0 Å². The van der Waals surface area contributed by atoms with Gasteiger partial charge in [0.2, 0.25) is 5.91 Å². The van der Waals surface area contributed by atoms with E-state index >= 15 is 0 Å². The van der Waals surface area contributed by atoms with Gasteiger partial charge in [0.05, 0.1) is 0 Å². The van der Waals surface area contributed by atoms with E-state index in [1.54, 1.807) is 0 Å². The SMILES string of the molecule is CCCCNC(=O)C(CC)CCCC.[H-].[K+]. The zero-order valence-electron chi connectivity index (χ0n) is 11.9. The van der Waals surface area contributed by atoms with Crippen LogP contribution >= 0.6 is 0 Å². The fourth-order valence-electron chi connectivity index (χ4n) is 1.50. The van der Waals surface area contributed by atoms with Gasteiger partial charge in [-0.1, -0.05) is 40.0 Å². The average Bonchev–Trinajstić information content (AvgIpc) is 2.19. The molecule has 0 saturated heterocycles. The molecule has 0 aliphatic carbocycles. The van der Waals surface area contributed by atoms with Crippen molar-refractivity contribution in [3.05, 3.63) is 0 Å². The molecule has 0 aliphatic rings. The van der Waals surface area contributed by atoms with Crippen LogP contribution in [0.4, 0.5) is 0 Å². The molecule has 0 bridgehead atoms. The molecule has 0 aromatic rings. The Morgan fingerprint density at radius 2 is 1.80 bits per heavy atom. The molecule has 3 heteroatoms. The maximum Gasteiger partial charge on any atom is 1.00 e. The molecule has 0 aromatic carbocycles. The van der Waals surface area contributed by atoms with Crippen molar-refractivity contribution in [3.8, 4) is 0 Å². The molecule has 0 aromatic heterocycles. The van der Waals surface area contributed by atoms with Gasteiger partial charge in [0, 0.05) is 12.5 Å². The first-order valence-electron chi connectivity index (χ1n) is 6.03. The third-order valence-corrected chi connectivity index (χ3v) is 2.60. The van der Waals surface area contributed by atoms with Crippen LogP contribution in [0.3, 0.4) is 0 Å². The van der Waals surface area contributed by atoms with Crippen LogP contribution in [-0.2, 0) is 4.79 Å². The average molecular weight is 239 g/mol. The van der Waals surface area contributed by atoms with Crippen LogP contribution in [0.15, 0.2) is 0 Å². The molecular formula is C12H26KNO. The number of unbranched alkanes of at least 4 members (excludes halogenated alkanes) is 2. The van der Waals surface area contributed by atoms with Gasteiger partial charge in [-0.2, -0.15) is 0 Å². The third kappa shape index (κ3) is 10.0. The number of carbonyl (C=O) groups excluding carboxylic acids is 1. The number of rotatable bonds is 8. The molecule has 15 heavy (non-hydrogen) atoms. The largest absolute Gasteiger partial charge is 1.00 e. The van der Waals surface area contributed by atoms with E-state index in [9.17, 15) is 4.79 Å². The number of hydrogen-bond donors (Lipinski definition) is 1. The van der Waals surface area contributed by atoms with Crippen LogP contribution < -0.4 is 56.7 Å². The van der Waals surface area contributed by atoms with Gasteiger partial charge >= 0.3 is 51.4 Å². The summed E-state index contributed by atoms with van der Waals surface area (Å²) in [4.78, 5) is 11.6. The normalized spacial score (nSPS) is 11.7. The standard InChI is InChI=1S/C12H25NO.K.H/c1-4-7-9-11(6-3)12(14)13-10-8-5-2;;/h11H,4-10H2,1-3H3,(H,13,14);;/q;+1;-1. The second-order valence-electron chi connectivity index (χ2n) is 3.89. The Bertz CT molecular complexity index is 156. The van der Waals surface area contributed by atoms with Crippen molar-refractivity contribution in [2.75, 3.05) is 6.54 Å². The minimum Gasteiger partial charge on any atom is -1.00 e. The van der Waals surface area contributed by atoms with Gasteiger partial charge in [-0.05, 0) is 19.3 Å². The predicted molar refractivity (Wildman–Crippen MR) is 62.3 cm³/mol. The minimum absolute atomic E-state index is 0. The van der Waals surface area contributed by atoms with Gasteiger partial charge in [-0.15, -0.1) is 0 Å². The summed E-state index contributed by atoms with van der Waals surface area (Å²) in [5, 5.41) is 3.00. The summed E-state index contributed by atoms with van der Waals surface area (Å²) >= 11 is 0. The molecule has 0 aliphatic heterocycles. The van der Waals surface area contributed by atoms with Crippen molar-refractivity contribution in [3.63, 3.8) is 0 Å². The van der Waals surface area contributed by atoms with E-state index < -0.39 is 0 Å². The third-order valence-electron chi connectivity index (χ3n) is 2.60. The summed E-state index contributed by atoms with van der Waals surface area (Å²) in [7, 11) is 0. The van der Waals surface area contributed by atoms with Crippen molar-refractivity contribution in [1.82, 2.24) is 5.32 Å². The smallest absolute Gasteiger partial charge is 1.00 e. The molecule has 0 heterocycles. The van der Waals surface area contributed by atoms with Gasteiger partial charge < -0.3 is 6.74 Å². The van der Waals surface area contributed by atoms with E-state index in [0.29, 0.717) is 0 Å². The minimum atomic E-state index is 0. The summed E-state index contributed by atoms with van der Waals surface area (Å²) < 4.78 is 0. The molecule has 0 spiro atoms. The Morgan fingerprint density at radius 1 is 1.20 bits per heavy atom. The van der Waals surface area contributed by atoms with Gasteiger partial charge in [-0.3, -0.25) is 4.79 Å².